The average Bonchev–Trinajstić information content (AvgIpc) is 3.08. The molecule has 1 aliphatic heterocycles. The molecule has 0 bridgehead atoms. The number of allylic oxidation sites excluding steroid dienone is 1. The maximum absolute atomic E-state index is 13.5. The van der Waals surface area contributed by atoms with Crippen molar-refractivity contribution in [2.45, 2.75) is 24.8 Å². The highest BCUT2D eigenvalue weighted by Crippen LogP contribution is 2.31. The first kappa shape index (κ1) is 21.3. The number of esters is 1. The first-order valence-electron chi connectivity index (χ1n) is 9.92. The molecule has 0 spiro atoms. The summed E-state index contributed by atoms with van der Waals surface area (Å²) in [5.74, 6) is -0.444. The van der Waals surface area contributed by atoms with Crippen LogP contribution >= 0.6 is 23.1 Å². The smallest absolute Gasteiger partial charge is 0.338 e. The molecule has 0 saturated carbocycles. The van der Waals surface area contributed by atoms with Gasteiger partial charge in [-0.1, -0.05) is 53.8 Å². The first-order valence-corrected chi connectivity index (χ1v) is 12.0. The van der Waals surface area contributed by atoms with Crippen LogP contribution in [0.1, 0.15) is 31.0 Å². The highest BCUT2D eigenvalue weighted by molar-refractivity contribution is 7.98. The Balaban J connectivity index is 1.95. The van der Waals surface area contributed by atoms with E-state index in [1.807, 2.05) is 66.9 Å². The third-order valence-electron chi connectivity index (χ3n) is 5.05. The van der Waals surface area contributed by atoms with Gasteiger partial charge in [-0.3, -0.25) is 9.36 Å². The molecule has 1 aromatic heterocycles. The molecular formula is C24H22N2O3S2. The van der Waals surface area contributed by atoms with Gasteiger partial charge < -0.3 is 4.74 Å². The molecule has 0 unspecified atom stereocenters. The van der Waals surface area contributed by atoms with Crippen molar-refractivity contribution < 1.29 is 9.53 Å². The number of thioether (sulfide) groups is 1. The van der Waals surface area contributed by atoms with E-state index in [0.29, 0.717) is 20.6 Å². The molecule has 0 amide bonds. The lowest BCUT2D eigenvalue weighted by molar-refractivity contribution is -0.139. The average molecular weight is 451 g/mol. The molecule has 0 fully saturated rings. The first-order chi connectivity index (χ1) is 15.0. The van der Waals surface area contributed by atoms with Gasteiger partial charge in [-0.05, 0) is 49.4 Å². The molecule has 2 aromatic carbocycles. The summed E-state index contributed by atoms with van der Waals surface area (Å²) in [5.41, 5.74) is 2.60. The predicted molar refractivity (Wildman–Crippen MR) is 125 cm³/mol. The van der Waals surface area contributed by atoms with E-state index in [2.05, 4.69) is 4.99 Å². The highest BCUT2D eigenvalue weighted by atomic mass is 32.2. The Morgan fingerprint density at radius 2 is 1.90 bits per heavy atom. The molecule has 0 saturated heterocycles. The van der Waals surface area contributed by atoms with Crippen LogP contribution in [0.15, 0.2) is 80.5 Å². The van der Waals surface area contributed by atoms with Crippen molar-refractivity contribution in [3.8, 4) is 0 Å². The van der Waals surface area contributed by atoms with E-state index in [-0.39, 0.29) is 12.2 Å². The summed E-state index contributed by atoms with van der Waals surface area (Å²) in [4.78, 5) is 32.6. The van der Waals surface area contributed by atoms with Gasteiger partial charge in [0.15, 0.2) is 4.80 Å². The van der Waals surface area contributed by atoms with Crippen molar-refractivity contribution in [1.82, 2.24) is 4.57 Å². The Morgan fingerprint density at radius 3 is 2.55 bits per heavy atom. The van der Waals surface area contributed by atoms with Crippen LogP contribution in [0.3, 0.4) is 0 Å². The molecule has 2 heterocycles. The molecule has 31 heavy (non-hydrogen) atoms. The van der Waals surface area contributed by atoms with Crippen LogP contribution in [0.25, 0.3) is 6.08 Å². The zero-order valence-corrected chi connectivity index (χ0v) is 19.1. The van der Waals surface area contributed by atoms with E-state index in [1.165, 1.54) is 11.3 Å². The molecule has 158 valence electrons. The third kappa shape index (κ3) is 4.16. The second-order valence-corrected chi connectivity index (χ2v) is 8.87. The van der Waals surface area contributed by atoms with E-state index < -0.39 is 12.0 Å². The summed E-state index contributed by atoms with van der Waals surface area (Å²) >= 11 is 2.97. The lowest BCUT2D eigenvalue weighted by Gasteiger charge is -2.24. The zero-order valence-electron chi connectivity index (χ0n) is 17.5. The van der Waals surface area contributed by atoms with Crippen LogP contribution in [-0.2, 0) is 9.53 Å². The van der Waals surface area contributed by atoms with Crippen molar-refractivity contribution >= 4 is 35.1 Å². The standard InChI is InChI=1S/C24H22N2O3S2/c1-4-29-23(28)20-15(2)25-24-26(21(20)17-10-12-18(30-3)13-11-17)22(27)19(31-24)14-16-8-6-5-7-9-16/h5-14,21H,4H2,1-3H3/b19-14-/t21-/m0/s1. The van der Waals surface area contributed by atoms with Crippen LogP contribution in [0.2, 0.25) is 0 Å². The minimum atomic E-state index is -0.580. The molecule has 4 rings (SSSR count). The quantitative estimate of drug-likeness (QED) is 0.441. The van der Waals surface area contributed by atoms with Crippen LogP contribution in [-0.4, -0.2) is 23.4 Å². The molecule has 0 N–H and O–H groups in total. The maximum Gasteiger partial charge on any atom is 0.338 e. The number of rotatable bonds is 5. The number of benzene rings is 2. The monoisotopic (exact) mass is 450 g/mol. The minimum absolute atomic E-state index is 0.166. The number of hydrogen-bond acceptors (Lipinski definition) is 6. The fourth-order valence-electron chi connectivity index (χ4n) is 3.59. The second kappa shape index (κ2) is 9.08. The fourth-order valence-corrected chi connectivity index (χ4v) is 5.05. The number of ether oxygens (including phenoxy) is 1. The summed E-state index contributed by atoms with van der Waals surface area (Å²) in [6, 6.07) is 17.0. The zero-order chi connectivity index (χ0) is 22.0. The summed E-state index contributed by atoms with van der Waals surface area (Å²) < 4.78 is 7.52. The van der Waals surface area contributed by atoms with Gasteiger partial charge in [0, 0.05) is 4.90 Å². The van der Waals surface area contributed by atoms with E-state index in [0.717, 1.165) is 16.0 Å². The van der Waals surface area contributed by atoms with Crippen molar-refractivity contribution in [3.05, 3.63) is 96.7 Å². The Morgan fingerprint density at radius 1 is 1.19 bits per heavy atom. The van der Waals surface area contributed by atoms with Gasteiger partial charge in [0.05, 0.1) is 28.5 Å². The van der Waals surface area contributed by atoms with Gasteiger partial charge in [-0.25, -0.2) is 9.79 Å². The molecule has 3 aromatic rings. The Bertz CT molecular complexity index is 1320. The van der Waals surface area contributed by atoms with Gasteiger partial charge in [-0.2, -0.15) is 0 Å². The van der Waals surface area contributed by atoms with Crippen LogP contribution in [0, 0.1) is 0 Å². The Labute approximate surface area is 188 Å². The molecule has 7 heteroatoms. The summed E-state index contributed by atoms with van der Waals surface area (Å²) in [5, 5.41) is 0. The van der Waals surface area contributed by atoms with Gasteiger partial charge in [0.1, 0.15) is 0 Å². The largest absolute Gasteiger partial charge is 0.463 e. The second-order valence-electron chi connectivity index (χ2n) is 6.99. The number of aromatic nitrogens is 1. The number of fused-ring (bicyclic) bond motifs is 1. The molecular weight excluding hydrogens is 428 g/mol. The molecule has 5 nitrogen and oxygen atoms in total. The van der Waals surface area contributed by atoms with Gasteiger partial charge >= 0.3 is 5.97 Å². The number of hydrogen-bond donors (Lipinski definition) is 0. The normalized spacial score (nSPS) is 16.1. The van der Waals surface area contributed by atoms with Crippen LogP contribution in [0.4, 0.5) is 0 Å². The fraction of sp³-hybridized carbons (Fsp3) is 0.208. The molecule has 0 aliphatic carbocycles. The number of carbonyl (C=O) groups is 1. The van der Waals surface area contributed by atoms with Crippen LogP contribution in [0.5, 0.6) is 0 Å². The van der Waals surface area contributed by atoms with E-state index >= 15 is 0 Å². The summed E-state index contributed by atoms with van der Waals surface area (Å²) in [6.07, 6.45) is 3.87. The maximum atomic E-state index is 13.5. The van der Waals surface area contributed by atoms with Gasteiger partial charge in [0.2, 0.25) is 0 Å². The van der Waals surface area contributed by atoms with E-state index in [1.54, 1.807) is 30.2 Å². The van der Waals surface area contributed by atoms with E-state index in [4.69, 9.17) is 4.74 Å². The lowest BCUT2D eigenvalue weighted by Crippen LogP contribution is -2.39. The van der Waals surface area contributed by atoms with Gasteiger partial charge in [0.25, 0.3) is 5.56 Å². The van der Waals surface area contributed by atoms with Gasteiger partial charge in [-0.15, -0.1) is 11.8 Å². The topological polar surface area (TPSA) is 60.7 Å². The number of nitrogens with zero attached hydrogens (tertiary/aromatic N) is 2. The lowest BCUT2D eigenvalue weighted by atomic mass is 9.96. The van der Waals surface area contributed by atoms with E-state index in [9.17, 15) is 9.59 Å². The molecule has 0 radical (unpaired) electrons. The molecule has 1 aliphatic rings. The Kier molecular flexibility index (Phi) is 6.25. The van der Waals surface area contributed by atoms with Crippen molar-refractivity contribution in [1.29, 1.82) is 0 Å². The number of carbonyl (C=O) groups excluding carboxylic acids is 1. The highest BCUT2D eigenvalue weighted by Gasteiger charge is 2.33. The van der Waals surface area contributed by atoms with Crippen LogP contribution < -0.4 is 14.9 Å². The summed E-state index contributed by atoms with van der Waals surface area (Å²) in [7, 11) is 0. The predicted octanol–water partition coefficient (Wildman–Crippen LogP) is 3.52. The van der Waals surface area contributed by atoms with Crippen molar-refractivity contribution in [2.75, 3.05) is 12.9 Å². The Hall–Kier alpha value is -2.90. The summed E-state index contributed by atoms with van der Waals surface area (Å²) in [6.45, 7) is 3.82. The van der Waals surface area contributed by atoms with Crippen molar-refractivity contribution in [2.24, 2.45) is 4.99 Å². The van der Waals surface area contributed by atoms with Crippen molar-refractivity contribution in [3.63, 3.8) is 0 Å². The SMILES string of the molecule is CCOC(=O)C1=C(C)N=c2s/c(=C\c3ccccc3)c(=O)n2[C@H]1c1ccc(SC)cc1. The third-order valence-corrected chi connectivity index (χ3v) is 6.77. The number of thiazole rings is 1. The molecule has 1 atom stereocenters. The minimum Gasteiger partial charge on any atom is -0.463 e.